The number of carbonyl (C=O) groups is 1. The van der Waals surface area contributed by atoms with Crippen LogP contribution in [0.2, 0.25) is 0 Å². The summed E-state index contributed by atoms with van der Waals surface area (Å²) < 4.78 is 12.7. The first-order valence-corrected chi connectivity index (χ1v) is 11.1. The van der Waals surface area contributed by atoms with Gasteiger partial charge >= 0.3 is 17.3 Å². The van der Waals surface area contributed by atoms with Crippen molar-refractivity contribution in [2.75, 3.05) is 19.0 Å². The van der Waals surface area contributed by atoms with Crippen molar-refractivity contribution in [1.29, 1.82) is 0 Å². The molecule has 1 atom stereocenters. The van der Waals surface area contributed by atoms with Crippen molar-refractivity contribution in [2.45, 2.75) is 46.7 Å². The van der Waals surface area contributed by atoms with E-state index in [1.165, 1.54) is 11.7 Å². The normalized spacial score (nSPS) is 11.7. The average molecular weight is 467 g/mol. The fourth-order valence-electron chi connectivity index (χ4n) is 3.59. The Labute approximate surface area is 198 Å². The second-order valence-electron chi connectivity index (χ2n) is 8.11. The van der Waals surface area contributed by atoms with E-state index < -0.39 is 23.4 Å². The highest BCUT2D eigenvalue weighted by Crippen LogP contribution is 2.24. The molecule has 0 aliphatic carbocycles. The van der Waals surface area contributed by atoms with E-state index in [0.717, 1.165) is 27.0 Å². The Morgan fingerprint density at radius 1 is 1.12 bits per heavy atom. The van der Waals surface area contributed by atoms with Crippen LogP contribution in [-0.4, -0.2) is 33.8 Å². The lowest BCUT2D eigenvalue weighted by atomic mass is 10.1. The highest BCUT2D eigenvalue weighted by Gasteiger charge is 2.20. The van der Waals surface area contributed by atoms with Gasteiger partial charge in [0.25, 0.3) is 0 Å². The highest BCUT2D eigenvalue weighted by molar-refractivity contribution is 5.69. The molecule has 3 rings (SSSR count). The summed E-state index contributed by atoms with van der Waals surface area (Å²) in [6, 6.07) is 12.5. The molecule has 0 spiro atoms. The summed E-state index contributed by atoms with van der Waals surface area (Å²) in [5.41, 5.74) is 2.21. The molecular weight excluding hydrogens is 436 g/mol. The number of benzene rings is 2. The molecule has 0 aliphatic heterocycles. The number of hydrogen-bond donors (Lipinski definition) is 1. The lowest BCUT2D eigenvalue weighted by molar-refractivity contribution is -0.141. The first-order chi connectivity index (χ1) is 16.2. The summed E-state index contributed by atoms with van der Waals surface area (Å²) in [5, 5.41) is 3.11. The second kappa shape index (κ2) is 10.8. The molecular formula is C25H30N4O5. The summed E-state index contributed by atoms with van der Waals surface area (Å²) in [6.07, 6.45) is -0.122. The van der Waals surface area contributed by atoms with Crippen molar-refractivity contribution in [2.24, 2.45) is 0 Å². The summed E-state index contributed by atoms with van der Waals surface area (Å²) in [4.78, 5) is 42.2. The number of nitrogens with zero attached hydrogens (tertiary/aromatic N) is 3. The van der Waals surface area contributed by atoms with E-state index in [2.05, 4.69) is 10.3 Å². The summed E-state index contributed by atoms with van der Waals surface area (Å²) >= 11 is 0. The quantitative estimate of drug-likeness (QED) is 0.482. The monoisotopic (exact) mass is 466 g/mol. The van der Waals surface area contributed by atoms with Crippen LogP contribution in [0.1, 0.15) is 43.0 Å². The van der Waals surface area contributed by atoms with Gasteiger partial charge in [0.15, 0.2) is 0 Å². The molecule has 0 bridgehead atoms. The van der Waals surface area contributed by atoms with Gasteiger partial charge in [0.1, 0.15) is 5.75 Å². The Morgan fingerprint density at radius 3 is 2.44 bits per heavy atom. The van der Waals surface area contributed by atoms with Crippen LogP contribution in [0.25, 0.3) is 0 Å². The lowest BCUT2D eigenvalue weighted by Crippen LogP contribution is -2.44. The van der Waals surface area contributed by atoms with E-state index in [-0.39, 0.29) is 18.9 Å². The minimum absolute atomic E-state index is 0.112. The third-order valence-corrected chi connectivity index (χ3v) is 5.42. The molecule has 0 aliphatic rings. The molecule has 0 radical (unpaired) electrons. The zero-order chi connectivity index (χ0) is 24.8. The van der Waals surface area contributed by atoms with Crippen molar-refractivity contribution < 1.29 is 14.3 Å². The molecule has 1 aromatic heterocycles. The second-order valence-corrected chi connectivity index (χ2v) is 8.11. The third kappa shape index (κ3) is 5.72. The summed E-state index contributed by atoms with van der Waals surface area (Å²) in [6.45, 7) is 8.15. The molecule has 9 heteroatoms. The van der Waals surface area contributed by atoms with Gasteiger partial charge < -0.3 is 14.8 Å². The predicted octanol–water partition coefficient (Wildman–Crippen LogP) is 3.34. The topological polar surface area (TPSA) is 104 Å². The van der Waals surface area contributed by atoms with Crippen molar-refractivity contribution in [3.8, 4) is 5.75 Å². The molecule has 9 nitrogen and oxygen atoms in total. The first kappa shape index (κ1) is 24.8. The zero-order valence-corrected chi connectivity index (χ0v) is 20.1. The van der Waals surface area contributed by atoms with Crippen molar-refractivity contribution in [1.82, 2.24) is 14.1 Å². The van der Waals surface area contributed by atoms with Crippen LogP contribution >= 0.6 is 0 Å². The molecule has 3 aromatic rings. The molecule has 0 saturated heterocycles. The van der Waals surface area contributed by atoms with Gasteiger partial charge in [-0.15, -0.1) is 0 Å². The van der Waals surface area contributed by atoms with Crippen LogP contribution in [-0.2, 0) is 16.1 Å². The SMILES string of the molecule is CCOc1ccc(Nc2nc(=O)n([C@H](C)CC(=O)OC)c(=O)n2Cc2ccc(C)cc2)cc1C. The van der Waals surface area contributed by atoms with Gasteiger partial charge in [-0.05, 0) is 57.0 Å². The maximum Gasteiger partial charge on any atom is 0.355 e. The van der Waals surface area contributed by atoms with E-state index in [4.69, 9.17) is 9.47 Å². The number of aryl methyl sites for hydroxylation is 2. The van der Waals surface area contributed by atoms with Crippen LogP contribution in [0.15, 0.2) is 52.1 Å². The number of hydrogen-bond acceptors (Lipinski definition) is 7. The standard InChI is InChI=1S/C25H30N4O5/c1-6-34-21-12-11-20(13-17(21)3)26-23-27-24(31)29(18(4)14-22(30)33-5)25(32)28(23)15-19-9-7-16(2)8-10-19/h7-13,18H,6,14-15H2,1-5H3,(H,26,27,31)/t18-/m1/s1. The largest absolute Gasteiger partial charge is 0.494 e. The van der Waals surface area contributed by atoms with E-state index in [9.17, 15) is 14.4 Å². The van der Waals surface area contributed by atoms with Gasteiger partial charge in [-0.25, -0.2) is 14.2 Å². The minimum Gasteiger partial charge on any atom is -0.494 e. The van der Waals surface area contributed by atoms with E-state index in [1.807, 2.05) is 57.2 Å². The maximum atomic E-state index is 13.5. The predicted molar refractivity (Wildman–Crippen MR) is 130 cm³/mol. The molecule has 180 valence electrons. The molecule has 1 heterocycles. The molecule has 1 N–H and O–H groups in total. The van der Waals surface area contributed by atoms with Crippen molar-refractivity contribution >= 4 is 17.6 Å². The first-order valence-electron chi connectivity index (χ1n) is 11.1. The van der Waals surface area contributed by atoms with Crippen LogP contribution in [0.3, 0.4) is 0 Å². The smallest absolute Gasteiger partial charge is 0.355 e. The number of anilines is 2. The van der Waals surface area contributed by atoms with Gasteiger partial charge in [0.2, 0.25) is 5.95 Å². The lowest BCUT2D eigenvalue weighted by Gasteiger charge is -2.19. The van der Waals surface area contributed by atoms with Crippen LogP contribution in [0.5, 0.6) is 5.75 Å². The maximum absolute atomic E-state index is 13.5. The Morgan fingerprint density at radius 2 is 1.82 bits per heavy atom. The Bertz CT molecular complexity index is 1280. The fraction of sp³-hybridized carbons (Fsp3) is 0.360. The van der Waals surface area contributed by atoms with Crippen LogP contribution in [0.4, 0.5) is 11.6 Å². The Kier molecular flexibility index (Phi) is 7.88. The molecule has 0 fully saturated rings. The number of aromatic nitrogens is 3. The van der Waals surface area contributed by atoms with Gasteiger partial charge in [0, 0.05) is 5.69 Å². The van der Waals surface area contributed by atoms with Gasteiger partial charge in [0.05, 0.1) is 32.7 Å². The number of nitrogens with one attached hydrogen (secondary N) is 1. The molecule has 34 heavy (non-hydrogen) atoms. The minimum atomic E-state index is -0.744. The van der Waals surface area contributed by atoms with Crippen LogP contribution < -0.4 is 21.4 Å². The number of esters is 1. The zero-order valence-electron chi connectivity index (χ0n) is 20.1. The third-order valence-electron chi connectivity index (χ3n) is 5.42. The van der Waals surface area contributed by atoms with Gasteiger partial charge in [-0.3, -0.25) is 9.36 Å². The van der Waals surface area contributed by atoms with Crippen molar-refractivity contribution in [3.63, 3.8) is 0 Å². The Balaban J connectivity index is 2.07. The molecule has 0 unspecified atom stereocenters. The summed E-state index contributed by atoms with van der Waals surface area (Å²) in [7, 11) is 1.26. The van der Waals surface area contributed by atoms with Gasteiger partial charge in [-0.2, -0.15) is 4.98 Å². The number of rotatable bonds is 9. The van der Waals surface area contributed by atoms with E-state index in [1.54, 1.807) is 13.0 Å². The van der Waals surface area contributed by atoms with E-state index in [0.29, 0.717) is 12.3 Å². The Hall–Kier alpha value is -3.88. The number of methoxy groups -OCH3 is 1. The average Bonchev–Trinajstić information content (AvgIpc) is 2.79. The highest BCUT2D eigenvalue weighted by atomic mass is 16.5. The van der Waals surface area contributed by atoms with Crippen molar-refractivity contribution in [3.05, 3.63) is 80.1 Å². The number of carbonyl (C=O) groups excluding carboxylic acids is 1. The number of ether oxygens (including phenoxy) is 2. The summed E-state index contributed by atoms with van der Waals surface area (Å²) in [5.74, 6) is 0.349. The molecule has 0 saturated carbocycles. The van der Waals surface area contributed by atoms with E-state index >= 15 is 0 Å². The van der Waals surface area contributed by atoms with Crippen LogP contribution in [0, 0.1) is 13.8 Å². The van der Waals surface area contributed by atoms with Gasteiger partial charge in [-0.1, -0.05) is 29.8 Å². The fourth-order valence-corrected chi connectivity index (χ4v) is 3.59. The molecule has 2 aromatic carbocycles. The molecule has 0 amide bonds.